The molecule has 1 unspecified atom stereocenters. The number of rotatable bonds is 10. The Labute approximate surface area is 181 Å². The molecule has 0 amide bonds. The second kappa shape index (κ2) is 10.7. The lowest BCUT2D eigenvalue weighted by Gasteiger charge is -2.29. The van der Waals surface area contributed by atoms with Gasteiger partial charge in [-0.25, -0.2) is 0 Å². The molecular weight excluding hydrogens is 376 g/mol. The number of fused-ring (bicyclic) bond motifs is 1. The fourth-order valence-corrected chi connectivity index (χ4v) is 3.67. The topological polar surface area (TPSA) is 43.0 Å². The Bertz CT molecular complexity index is 820. The van der Waals surface area contributed by atoms with Crippen molar-refractivity contribution in [3.05, 3.63) is 53.1 Å². The molecule has 1 aliphatic heterocycles. The summed E-state index contributed by atoms with van der Waals surface area (Å²) in [6, 6.07) is 12.8. The minimum absolute atomic E-state index is 0.115. The van der Waals surface area contributed by atoms with Crippen LogP contribution in [0.4, 0.5) is 0 Å². The molecule has 0 saturated heterocycles. The lowest BCUT2D eigenvalue weighted by Crippen LogP contribution is -2.30. The number of benzene rings is 2. The van der Waals surface area contributed by atoms with E-state index in [0.717, 1.165) is 49.8 Å². The Balaban J connectivity index is 1.83. The number of hydrogen-bond donors (Lipinski definition) is 1. The van der Waals surface area contributed by atoms with Crippen LogP contribution in [0.3, 0.4) is 0 Å². The van der Waals surface area contributed by atoms with E-state index in [0.29, 0.717) is 12.5 Å². The van der Waals surface area contributed by atoms with Gasteiger partial charge in [-0.15, -0.1) is 0 Å². The predicted octanol–water partition coefficient (Wildman–Crippen LogP) is 4.30. The molecule has 3 rings (SSSR count). The number of methoxy groups -OCH3 is 1. The van der Waals surface area contributed by atoms with Crippen molar-refractivity contribution in [1.29, 1.82) is 0 Å². The molecule has 0 fully saturated rings. The molecule has 5 heteroatoms. The van der Waals surface area contributed by atoms with Gasteiger partial charge in [0.25, 0.3) is 0 Å². The normalized spacial score (nSPS) is 15.9. The molecule has 0 radical (unpaired) electrons. The summed E-state index contributed by atoms with van der Waals surface area (Å²) in [5.41, 5.74) is 3.77. The zero-order valence-corrected chi connectivity index (χ0v) is 19.0. The van der Waals surface area contributed by atoms with Gasteiger partial charge in [0.1, 0.15) is 12.4 Å². The van der Waals surface area contributed by atoms with Gasteiger partial charge < -0.3 is 24.4 Å². The van der Waals surface area contributed by atoms with Crippen molar-refractivity contribution >= 4 is 0 Å². The highest BCUT2D eigenvalue weighted by molar-refractivity contribution is 5.52. The smallest absolute Gasteiger partial charge is 0.161 e. The quantitative estimate of drug-likeness (QED) is 0.630. The molecule has 164 valence electrons. The maximum Gasteiger partial charge on any atom is 0.161 e. The first kappa shape index (κ1) is 22.4. The van der Waals surface area contributed by atoms with E-state index >= 15 is 0 Å². The Kier molecular flexibility index (Phi) is 8.00. The molecule has 0 bridgehead atoms. The molecule has 0 aliphatic carbocycles. The fraction of sp³-hybridized carbons (Fsp3) is 0.520. The van der Waals surface area contributed by atoms with Gasteiger partial charge in [0.05, 0.1) is 19.8 Å². The van der Waals surface area contributed by atoms with Gasteiger partial charge in [-0.2, -0.15) is 0 Å². The predicted molar refractivity (Wildman–Crippen MR) is 122 cm³/mol. The molecule has 0 aromatic heterocycles. The summed E-state index contributed by atoms with van der Waals surface area (Å²) in [5.74, 6) is 3.18. The molecular formula is C25H36N2O3. The summed E-state index contributed by atoms with van der Waals surface area (Å²) in [7, 11) is 5.80. The first-order valence-corrected chi connectivity index (χ1v) is 10.9. The van der Waals surface area contributed by atoms with E-state index in [1.165, 1.54) is 16.7 Å². The molecule has 1 heterocycles. The number of nitrogens with one attached hydrogen (secondary N) is 1. The van der Waals surface area contributed by atoms with Crippen LogP contribution in [0.5, 0.6) is 17.2 Å². The van der Waals surface area contributed by atoms with Crippen LogP contribution in [-0.2, 0) is 6.42 Å². The lowest BCUT2D eigenvalue weighted by molar-refractivity contribution is 0.250. The van der Waals surface area contributed by atoms with Crippen molar-refractivity contribution in [2.24, 2.45) is 5.92 Å². The summed E-state index contributed by atoms with van der Waals surface area (Å²) < 4.78 is 17.7. The maximum absolute atomic E-state index is 6.07. The van der Waals surface area contributed by atoms with Crippen LogP contribution in [-0.4, -0.2) is 52.4 Å². The zero-order chi connectivity index (χ0) is 21.5. The maximum atomic E-state index is 6.07. The summed E-state index contributed by atoms with van der Waals surface area (Å²) in [6.07, 6.45) is 2.03. The van der Waals surface area contributed by atoms with Gasteiger partial charge in [-0.05, 0) is 73.8 Å². The van der Waals surface area contributed by atoms with Crippen LogP contribution in [0.15, 0.2) is 36.4 Å². The Hall–Kier alpha value is -2.24. The summed E-state index contributed by atoms with van der Waals surface area (Å²) in [5, 5.41) is 3.67. The van der Waals surface area contributed by atoms with Crippen molar-refractivity contribution in [2.45, 2.75) is 32.7 Å². The van der Waals surface area contributed by atoms with E-state index in [-0.39, 0.29) is 6.04 Å². The van der Waals surface area contributed by atoms with Gasteiger partial charge in [0.2, 0.25) is 0 Å². The minimum atomic E-state index is 0.115. The van der Waals surface area contributed by atoms with Crippen LogP contribution in [0.1, 0.15) is 43.0 Å². The summed E-state index contributed by atoms with van der Waals surface area (Å²) >= 11 is 0. The largest absolute Gasteiger partial charge is 0.494 e. The van der Waals surface area contributed by atoms with E-state index < -0.39 is 0 Å². The van der Waals surface area contributed by atoms with Crippen LogP contribution in [0.2, 0.25) is 0 Å². The Morgan fingerprint density at radius 3 is 2.63 bits per heavy atom. The Morgan fingerprint density at radius 2 is 1.90 bits per heavy atom. The highest BCUT2D eigenvalue weighted by Crippen LogP contribution is 2.38. The molecule has 1 aliphatic rings. The molecule has 1 N–H and O–H groups in total. The van der Waals surface area contributed by atoms with E-state index in [2.05, 4.69) is 54.4 Å². The first-order chi connectivity index (χ1) is 14.5. The third-order valence-corrected chi connectivity index (χ3v) is 5.43. The number of ether oxygens (including phenoxy) is 3. The number of nitrogens with zero attached hydrogens (tertiary/aromatic N) is 1. The van der Waals surface area contributed by atoms with Gasteiger partial charge in [0.15, 0.2) is 11.5 Å². The average molecular weight is 413 g/mol. The van der Waals surface area contributed by atoms with E-state index in [1.807, 2.05) is 20.2 Å². The van der Waals surface area contributed by atoms with E-state index in [9.17, 15) is 0 Å². The second-order valence-corrected chi connectivity index (χ2v) is 8.59. The molecule has 5 nitrogen and oxygen atoms in total. The highest BCUT2D eigenvalue weighted by Gasteiger charge is 2.24. The lowest BCUT2D eigenvalue weighted by atomic mass is 9.89. The van der Waals surface area contributed by atoms with Crippen molar-refractivity contribution in [3.63, 3.8) is 0 Å². The summed E-state index contributed by atoms with van der Waals surface area (Å²) in [6.45, 7) is 7.60. The van der Waals surface area contributed by atoms with Gasteiger partial charge in [-0.3, -0.25) is 0 Å². The number of hydrogen-bond acceptors (Lipinski definition) is 5. The van der Waals surface area contributed by atoms with E-state index in [1.54, 1.807) is 7.11 Å². The standard InChI is InChI=1S/C25H36N2O3/c1-18(2)10-13-29-21-8-6-7-20(15-21)25-22-17-24(30-14-12-27(3)4)23(28-5)16-19(22)9-11-26-25/h6-8,15-18,25-26H,9-14H2,1-5H3. The molecule has 1 atom stereocenters. The van der Waals surface area contributed by atoms with Gasteiger partial charge in [0, 0.05) is 13.1 Å². The van der Waals surface area contributed by atoms with Crippen LogP contribution in [0.25, 0.3) is 0 Å². The van der Waals surface area contributed by atoms with Gasteiger partial charge in [-0.1, -0.05) is 26.0 Å². The zero-order valence-electron chi connectivity index (χ0n) is 19.0. The number of likely N-dealkylation sites (N-methyl/N-ethyl adjacent to an activating group) is 1. The van der Waals surface area contributed by atoms with Gasteiger partial charge >= 0.3 is 0 Å². The minimum Gasteiger partial charge on any atom is -0.494 e. The first-order valence-electron chi connectivity index (χ1n) is 10.9. The third-order valence-electron chi connectivity index (χ3n) is 5.43. The van der Waals surface area contributed by atoms with Crippen molar-refractivity contribution in [1.82, 2.24) is 10.2 Å². The Morgan fingerprint density at radius 1 is 1.07 bits per heavy atom. The SMILES string of the molecule is COc1cc2c(cc1OCCN(C)C)C(c1cccc(OCCC(C)C)c1)NCC2. The fourth-order valence-electron chi connectivity index (χ4n) is 3.67. The third kappa shape index (κ3) is 5.89. The van der Waals surface area contributed by atoms with Crippen LogP contribution in [0, 0.1) is 5.92 Å². The molecule has 0 saturated carbocycles. The van der Waals surface area contributed by atoms with Crippen molar-refractivity contribution in [2.75, 3.05) is 47.5 Å². The monoisotopic (exact) mass is 412 g/mol. The molecule has 30 heavy (non-hydrogen) atoms. The van der Waals surface area contributed by atoms with E-state index in [4.69, 9.17) is 14.2 Å². The molecule has 2 aromatic rings. The summed E-state index contributed by atoms with van der Waals surface area (Å²) in [4.78, 5) is 2.11. The highest BCUT2D eigenvalue weighted by atomic mass is 16.5. The van der Waals surface area contributed by atoms with Crippen LogP contribution < -0.4 is 19.5 Å². The molecule has 2 aromatic carbocycles. The van der Waals surface area contributed by atoms with Crippen molar-refractivity contribution < 1.29 is 14.2 Å². The molecule has 0 spiro atoms. The van der Waals surface area contributed by atoms with Crippen LogP contribution >= 0.6 is 0 Å². The average Bonchev–Trinajstić information content (AvgIpc) is 2.72. The van der Waals surface area contributed by atoms with Crippen molar-refractivity contribution in [3.8, 4) is 17.2 Å². The second-order valence-electron chi connectivity index (χ2n) is 8.59.